The second-order valence-electron chi connectivity index (χ2n) is 8.61. The molecule has 0 atom stereocenters. The van der Waals surface area contributed by atoms with Gasteiger partial charge in [-0.05, 0) is 12.3 Å². The van der Waals surface area contributed by atoms with Gasteiger partial charge in [-0.3, -0.25) is 0 Å². The lowest BCUT2D eigenvalue weighted by Gasteiger charge is -2.32. The van der Waals surface area contributed by atoms with Gasteiger partial charge >= 0.3 is 0 Å². The van der Waals surface area contributed by atoms with Crippen LogP contribution in [0.2, 0.25) is 0 Å². The van der Waals surface area contributed by atoms with Crippen LogP contribution in [0.15, 0.2) is 0 Å². The first kappa shape index (κ1) is 16.1. The fraction of sp³-hybridized carbons (Fsp3) is 0.765. The van der Waals surface area contributed by atoms with Gasteiger partial charge in [0.1, 0.15) is 5.82 Å². The molecule has 1 heterocycles. The molecule has 1 rings (SSSR count). The van der Waals surface area contributed by atoms with Crippen molar-refractivity contribution >= 4 is 0 Å². The minimum absolute atomic E-state index is 0.0127. The molecule has 1 aromatic rings. The third kappa shape index (κ3) is 3.55. The van der Waals surface area contributed by atoms with Crippen molar-refractivity contribution < 1.29 is 0 Å². The maximum absolute atomic E-state index is 4.93. The highest BCUT2D eigenvalue weighted by molar-refractivity contribution is 5.36. The lowest BCUT2D eigenvalue weighted by molar-refractivity contribution is 0.477. The Morgan fingerprint density at radius 1 is 0.632 bits per heavy atom. The van der Waals surface area contributed by atoms with E-state index < -0.39 is 0 Å². The van der Waals surface area contributed by atoms with Crippen LogP contribution in [-0.2, 0) is 16.2 Å². The number of rotatable bonds is 0. The van der Waals surface area contributed by atoms with Crippen molar-refractivity contribution in [2.45, 2.75) is 85.5 Å². The standard InChI is InChI=1S/C17H30N2/c1-11-12(15(2,3)4)13(16(5,6)7)19-14(18-11)17(8,9)10/h1-10H3. The summed E-state index contributed by atoms with van der Waals surface area (Å²) in [5, 5.41) is 0. The first-order valence-electron chi connectivity index (χ1n) is 7.14. The molecule has 0 aliphatic carbocycles. The van der Waals surface area contributed by atoms with Crippen molar-refractivity contribution in [1.82, 2.24) is 9.97 Å². The molecule has 0 N–H and O–H groups in total. The van der Waals surface area contributed by atoms with Crippen LogP contribution in [0.4, 0.5) is 0 Å². The summed E-state index contributed by atoms with van der Waals surface area (Å²) in [7, 11) is 0. The van der Waals surface area contributed by atoms with Gasteiger partial charge in [0.2, 0.25) is 0 Å². The summed E-state index contributed by atoms with van der Waals surface area (Å²) in [6.07, 6.45) is 0. The Hall–Kier alpha value is -0.920. The van der Waals surface area contributed by atoms with Gasteiger partial charge in [0.25, 0.3) is 0 Å². The second kappa shape index (κ2) is 4.57. The molecule has 0 spiro atoms. The predicted molar refractivity (Wildman–Crippen MR) is 82.9 cm³/mol. The summed E-state index contributed by atoms with van der Waals surface area (Å²) in [6.45, 7) is 22.1. The van der Waals surface area contributed by atoms with E-state index in [2.05, 4.69) is 69.2 Å². The molecule has 0 unspecified atom stereocenters. The quantitative estimate of drug-likeness (QED) is 0.678. The maximum atomic E-state index is 4.93. The summed E-state index contributed by atoms with van der Waals surface area (Å²) in [6, 6.07) is 0. The lowest BCUT2D eigenvalue weighted by atomic mass is 9.77. The molecule has 0 radical (unpaired) electrons. The van der Waals surface area contributed by atoms with E-state index in [0.29, 0.717) is 0 Å². The molecule has 0 aliphatic rings. The maximum Gasteiger partial charge on any atom is 0.134 e. The number of hydrogen-bond acceptors (Lipinski definition) is 2. The summed E-state index contributed by atoms with van der Waals surface area (Å²) >= 11 is 0. The van der Waals surface area contributed by atoms with E-state index >= 15 is 0 Å². The van der Waals surface area contributed by atoms with E-state index in [9.17, 15) is 0 Å². The number of aryl methyl sites for hydroxylation is 1. The molecule has 0 amide bonds. The first-order valence-corrected chi connectivity index (χ1v) is 7.14. The van der Waals surface area contributed by atoms with Crippen LogP contribution < -0.4 is 0 Å². The molecule has 0 aliphatic heterocycles. The van der Waals surface area contributed by atoms with Crippen LogP contribution in [0.3, 0.4) is 0 Å². The zero-order valence-electron chi connectivity index (χ0n) is 14.4. The highest BCUT2D eigenvalue weighted by Gasteiger charge is 2.31. The van der Waals surface area contributed by atoms with E-state index in [-0.39, 0.29) is 16.2 Å². The molecule has 108 valence electrons. The van der Waals surface area contributed by atoms with Crippen molar-refractivity contribution in [2.24, 2.45) is 0 Å². The van der Waals surface area contributed by atoms with Gasteiger partial charge in [-0.2, -0.15) is 0 Å². The van der Waals surface area contributed by atoms with Crippen LogP contribution in [0.1, 0.15) is 85.1 Å². The highest BCUT2D eigenvalue weighted by Crippen LogP contribution is 2.35. The average Bonchev–Trinajstić information content (AvgIpc) is 2.11. The van der Waals surface area contributed by atoms with Gasteiger partial charge in [-0.15, -0.1) is 0 Å². The zero-order valence-corrected chi connectivity index (χ0v) is 14.4. The van der Waals surface area contributed by atoms with Crippen molar-refractivity contribution in [3.63, 3.8) is 0 Å². The van der Waals surface area contributed by atoms with E-state index in [4.69, 9.17) is 9.97 Å². The van der Waals surface area contributed by atoms with Gasteiger partial charge in [0.05, 0.1) is 5.69 Å². The molecule has 0 aromatic carbocycles. The fourth-order valence-electron chi connectivity index (χ4n) is 2.35. The Kier molecular flexibility index (Phi) is 3.88. The second-order valence-corrected chi connectivity index (χ2v) is 8.61. The van der Waals surface area contributed by atoms with Crippen LogP contribution in [0.25, 0.3) is 0 Å². The molecule has 2 nitrogen and oxygen atoms in total. The van der Waals surface area contributed by atoms with Gasteiger partial charge in [-0.25, -0.2) is 9.97 Å². The largest absolute Gasteiger partial charge is 0.237 e. The molecule has 0 saturated carbocycles. The molecule has 1 aromatic heterocycles. The summed E-state index contributed by atoms with van der Waals surface area (Å²) in [4.78, 5) is 9.71. The van der Waals surface area contributed by atoms with Crippen LogP contribution >= 0.6 is 0 Å². The normalized spacial score (nSPS) is 13.8. The van der Waals surface area contributed by atoms with Gasteiger partial charge in [-0.1, -0.05) is 62.3 Å². The first-order chi connectivity index (χ1) is 8.24. The van der Waals surface area contributed by atoms with E-state index in [1.165, 1.54) is 11.3 Å². The number of nitrogens with zero attached hydrogens (tertiary/aromatic N) is 2. The molecule has 2 heteroatoms. The SMILES string of the molecule is Cc1nc(C(C)(C)C)nc(C(C)(C)C)c1C(C)(C)C. The topological polar surface area (TPSA) is 25.8 Å². The van der Waals surface area contributed by atoms with Crippen LogP contribution in [-0.4, -0.2) is 9.97 Å². The van der Waals surface area contributed by atoms with E-state index in [1.54, 1.807) is 0 Å². The Bertz CT molecular complexity index is 466. The van der Waals surface area contributed by atoms with Crippen molar-refractivity contribution in [1.29, 1.82) is 0 Å². The molecule has 0 saturated heterocycles. The zero-order chi connectivity index (χ0) is 15.2. The van der Waals surface area contributed by atoms with Crippen LogP contribution in [0, 0.1) is 6.92 Å². The highest BCUT2D eigenvalue weighted by atomic mass is 14.9. The molecule has 0 fully saturated rings. The van der Waals surface area contributed by atoms with Crippen molar-refractivity contribution in [3.8, 4) is 0 Å². The number of aromatic nitrogens is 2. The monoisotopic (exact) mass is 262 g/mol. The summed E-state index contributed by atoms with van der Waals surface area (Å²) in [5.41, 5.74) is 3.71. The third-order valence-corrected chi connectivity index (χ3v) is 3.22. The molecule has 19 heavy (non-hydrogen) atoms. The fourth-order valence-corrected chi connectivity index (χ4v) is 2.35. The molecular weight excluding hydrogens is 232 g/mol. The minimum atomic E-state index is -0.0127. The van der Waals surface area contributed by atoms with E-state index in [0.717, 1.165) is 11.5 Å². The molecule has 0 bridgehead atoms. The Labute approximate surface area is 119 Å². The van der Waals surface area contributed by atoms with E-state index in [1.807, 2.05) is 0 Å². The third-order valence-electron chi connectivity index (χ3n) is 3.22. The predicted octanol–water partition coefficient (Wildman–Crippen LogP) is 4.68. The van der Waals surface area contributed by atoms with Crippen molar-refractivity contribution in [2.75, 3.05) is 0 Å². The lowest BCUT2D eigenvalue weighted by Crippen LogP contribution is -2.29. The Morgan fingerprint density at radius 2 is 1.11 bits per heavy atom. The van der Waals surface area contributed by atoms with Gasteiger partial charge in [0, 0.05) is 22.1 Å². The summed E-state index contributed by atoms with van der Waals surface area (Å²) in [5.74, 6) is 0.947. The average molecular weight is 262 g/mol. The van der Waals surface area contributed by atoms with Gasteiger partial charge in [0.15, 0.2) is 0 Å². The number of hydrogen-bond donors (Lipinski definition) is 0. The Morgan fingerprint density at radius 3 is 1.42 bits per heavy atom. The smallest absolute Gasteiger partial charge is 0.134 e. The Balaban J connectivity index is 3.68. The van der Waals surface area contributed by atoms with Crippen LogP contribution in [0.5, 0.6) is 0 Å². The summed E-state index contributed by atoms with van der Waals surface area (Å²) < 4.78 is 0. The molecular formula is C17H30N2. The van der Waals surface area contributed by atoms with Crippen molar-refractivity contribution in [3.05, 3.63) is 22.8 Å². The van der Waals surface area contributed by atoms with Gasteiger partial charge < -0.3 is 0 Å². The minimum Gasteiger partial charge on any atom is -0.237 e.